The van der Waals surface area contributed by atoms with Crippen molar-refractivity contribution in [3.63, 3.8) is 0 Å². The highest BCUT2D eigenvalue weighted by Gasteiger charge is 2.34. The molecule has 2 saturated carbocycles. The van der Waals surface area contributed by atoms with E-state index >= 15 is 0 Å². The van der Waals surface area contributed by atoms with Gasteiger partial charge in [0.05, 0.1) is 0 Å². The van der Waals surface area contributed by atoms with E-state index in [2.05, 4.69) is 22.0 Å². The minimum Gasteiger partial charge on any atom is -0.353 e. The second-order valence-corrected chi connectivity index (χ2v) is 5.57. The van der Waals surface area contributed by atoms with Crippen LogP contribution in [0.4, 0.5) is 5.82 Å². The molecule has 2 aliphatic carbocycles. The molecule has 0 amide bonds. The van der Waals surface area contributed by atoms with Gasteiger partial charge in [-0.3, -0.25) is 0 Å². The van der Waals surface area contributed by atoms with Crippen LogP contribution < -0.4 is 10.6 Å². The number of anilines is 1. The van der Waals surface area contributed by atoms with E-state index in [1.807, 2.05) is 13.1 Å². The maximum absolute atomic E-state index is 5.85. The molecule has 0 radical (unpaired) electrons. The van der Waals surface area contributed by atoms with Gasteiger partial charge in [-0.05, 0) is 50.2 Å². The Hall–Kier alpha value is -1.09. The van der Waals surface area contributed by atoms with Crippen LogP contribution in [-0.4, -0.2) is 17.6 Å². The number of nitrogens with two attached hydrogens (primary N) is 1. The molecule has 1 atom stereocenters. The highest BCUT2D eigenvalue weighted by Crippen LogP contribution is 2.37. The average molecular weight is 231 g/mol. The zero-order valence-electron chi connectivity index (χ0n) is 10.5. The van der Waals surface area contributed by atoms with Crippen molar-refractivity contribution in [1.82, 2.24) is 4.98 Å². The van der Waals surface area contributed by atoms with E-state index in [-0.39, 0.29) is 6.04 Å². The van der Waals surface area contributed by atoms with Gasteiger partial charge in [-0.1, -0.05) is 6.07 Å². The number of hydrogen-bond donors (Lipinski definition) is 1. The topological polar surface area (TPSA) is 42.1 Å². The van der Waals surface area contributed by atoms with Gasteiger partial charge < -0.3 is 10.6 Å². The Labute approximate surface area is 103 Å². The molecule has 3 heteroatoms. The fourth-order valence-corrected chi connectivity index (χ4v) is 2.23. The van der Waals surface area contributed by atoms with Gasteiger partial charge in [-0.25, -0.2) is 4.98 Å². The first-order valence-electron chi connectivity index (χ1n) is 6.72. The molecule has 0 saturated heterocycles. The average Bonchev–Trinajstić information content (AvgIpc) is 3.18. The van der Waals surface area contributed by atoms with Crippen molar-refractivity contribution < 1.29 is 0 Å². The summed E-state index contributed by atoms with van der Waals surface area (Å²) in [6.07, 6.45) is 7.41. The lowest BCUT2D eigenvalue weighted by Gasteiger charge is -2.23. The number of rotatable bonds is 5. The van der Waals surface area contributed by atoms with Crippen molar-refractivity contribution in [2.45, 2.75) is 44.7 Å². The van der Waals surface area contributed by atoms with Gasteiger partial charge in [-0.2, -0.15) is 0 Å². The van der Waals surface area contributed by atoms with Gasteiger partial charge in [0.15, 0.2) is 0 Å². The molecule has 0 bridgehead atoms. The molecule has 0 aliphatic heterocycles. The summed E-state index contributed by atoms with van der Waals surface area (Å²) in [4.78, 5) is 7.09. The van der Waals surface area contributed by atoms with E-state index in [4.69, 9.17) is 5.73 Å². The first kappa shape index (κ1) is 11.0. The molecule has 2 fully saturated rings. The van der Waals surface area contributed by atoms with E-state index in [0.29, 0.717) is 0 Å². The highest BCUT2D eigenvalue weighted by atomic mass is 15.2. The number of pyridine rings is 1. The summed E-state index contributed by atoms with van der Waals surface area (Å²) in [5.41, 5.74) is 6.97. The lowest BCUT2D eigenvalue weighted by atomic mass is 10.1. The molecule has 92 valence electrons. The minimum atomic E-state index is 0.0781. The van der Waals surface area contributed by atoms with E-state index in [0.717, 1.165) is 23.3 Å². The summed E-state index contributed by atoms with van der Waals surface area (Å²) in [5, 5.41) is 0. The minimum absolute atomic E-state index is 0.0781. The summed E-state index contributed by atoms with van der Waals surface area (Å²) < 4.78 is 0. The van der Waals surface area contributed by atoms with Crippen molar-refractivity contribution >= 4 is 5.82 Å². The molecule has 0 spiro atoms. The molecular weight excluding hydrogens is 210 g/mol. The molecule has 2 N–H and O–H groups in total. The fourth-order valence-electron chi connectivity index (χ4n) is 2.23. The van der Waals surface area contributed by atoms with Crippen LogP contribution in [0.5, 0.6) is 0 Å². The third-order valence-electron chi connectivity index (χ3n) is 3.73. The SMILES string of the molecule is CC(N)c1ccc(N(CC2CC2)C2CC2)nc1. The molecule has 1 heterocycles. The second-order valence-electron chi connectivity index (χ2n) is 5.57. The van der Waals surface area contributed by atoms with Gasteiger partial charge in [0.25, 0.3) is 0 Å². The third-order valence-corrected chi connectivity index (χ3v) is 3.73. The van der Waals surface area contributed by atoms with Crippen LogP contribution in [0.3, 0.4) is 0 Å². The third kappa shape index (κ3) is 2.60. The van der Waals surface area contributed by atoms with E-state index < -0.39 is 0 Å². The van der Waals surface area contributed by atoms with Crippen LogP contribution in [-0.2, 0) is 0 Å². The predicted molar refractivity (Wildman–Crippen MR) is 69.9 cm³/mol. The Balaban J connectivity index is 1.75. The predicted octanol–water partition coefficient (Wildman–Crippen LogP) is 2.48. The summed E-state index contributed by atoms with van der Waals surface area (Å²) >= 11 is 0. The van der Waals surface area contributed by atoms with E-state index in [1.54, 1.807) is 0 Å². The maximum Gasteiger partial charge on any atom is 0.128 e. The smallest absolute Gasteiger partial charge is 0.128 e. The number of nitrogens with zero attached hydrogens (tertiary/aromatic N) is 2. The van der Waals surface area contributed by atoms with Gasteiger partial charge in [0, 0.05) is 24.8 Å². The second kappa shape index (κ2) is 4.30. The Bertz CT molecular complexity index is 377. The molecule has 17 heavy (non-hydrogen) atoms. The number of aromatic nitrogens is 1. The largest absolute Gasteiger partial charge is 0.353 e. The van der Waals surface area contributed by atoms with Crippen LogP contribution in [0, 0.1) is 5.92 Å². The lowest BCUT2D eigenvalue weighted by molar-refractivity contribution is 0.707. The molecule has 1 aromatic rings. The maximum atomic E-state index is 5.85. The first-order chi connectivity index (χ1) is 8.24. The molecule has 3 rings (SSSR count). The Morgan fingerprint density at radius 3 is 2.59 bits per heavy atom. The van der Waals surface area contributed by atoms with Crippen molar-refractivity contribution in [3.8, 4) is 0 Å². The fraction of sp³-hybridized carbons (Fsp3) is 0.643. The van der Waals surface area contributed by atoms with E-state index in [1.165, 1.54) is 32.2 Å². The van der Waals surface area contributed by atoms with Crippen molar-refractivity contribution in [2.24, 2.45) is 11.7 Å². The summed E-state index contributed by atoms with van der Waals surface area (Å²) in [6.45, 7) is 3.20. The van der Waals surface area contributed by atoms with Gasteiger partial charge >= 0.3 is 0 Å². The summed E-state index contributed by atoms with van der Waals surface area (Å²) in [5.74, 6) is 2.06. The van der Waals surface area contributed by atoms with Crippen LogP contribution in [0.1, 0.15) is 44.2 Å². The first-order valence-corrected chi connectivity index (χ1v) is 6.72. The zero-order valence-corrected chi connectivity index (χ0v) is 10.5. The van der Waals surface area contributed by atoms with Gasteiger partial charge in [0.1, 0.15) is 5.82 Å². The normalized spacial score (nSPS) is 21.3. The Morgan fingerprint density at radius 2 is 2.12 bits per heavy atom. The molecule has 1 unspecified atom stereocenters. The van der Waals surface area contributed by atoms with Crippen molar-refractivity contribution in [2.75, 3.05) is 11.4 Å². The zero-order chi connectivity index (χ0) is 11.8. The van der Waals surface area contributed by atoms with E-state index in [9.17, 15) is 0 Å². The molecule has 1 aromatic heterocycles. The quantitative estimate of drug-likeness (QED) is 0.846. The van der Waals surface area contributed by atoms with Gasteiger partial charge in [0.2, 0.25) is 0 Å². The standard InChI is InChI=1S/C14H21N3/c1-10(15)12-4-7-14(16-8-12)17(13-5-6-13)9-11-2-3-11/h4,7-8,10-11,13H,2-3,5-6,9,15H2,1H3. The Kier molecular flexibility index (Phi) is 2.79. The lowest BCUT2D eigenvalue weighted by Crippen LogP contribution is -2.28. The van der Waals surface area contributed by atoms with Gasteiger partial charge in [-0.15, -0.1) is 0 Å². The Morgan fingerprint density at radius 1 is 1.35 bits per heavy atom. The van der Waals surface area contributed by atoms with Crippen molar-refractivity contribution in [1.29, 1.82) is 0 Å². The highest BCUT2D eigenvalue weighted by molar-refractivity contribution is 5.43. The van der Waals surface area contributed by atoms with Crippen LogP contribution in [0.2, 0.25) is 0 Å². The molecule has 2 aliphatic rings. The molecular formula is C14H21N3. The summed E-state index contributed by atoms with van der Waals surface area (Å²) in [7, 11) is 0. The molecule has 3 nitrogen and oxygen atoms in total. The monoisotopic (exact) mass is 231 g/mol. The number of hydrogen-bond acceptors (Lipinski definition) is 3. The van der Waals surface area contributed by atoms with Crippen LogP contribution >= 0.6 is 0 Å². The van der Waals surface area contributed by atoms with Crippen LogP contribution in [0.15, 0.2) is 18.3 Å². The van der Waals surface area contributed by atoms with Crippen LogP contribution in [0.25, 0.3) is 0 Å². The van der Waals surface area contributed by atoms with Crippen molar-refractivity contribution in [3.05, 3.63) is 23.9 Å². The molecule has 0 aromatic carbocycles. The summed E-state index contributed by atoms with van der Waals surface area (Å²) in [6, 6.07) is 5.09.